The van der Waals surface area contributed by atoms with E-state index >= 15 is 0 Å². The van der Waals surface area contributed by atoms with Crippen molar-refractivity contribution in [3.8, 4) is 5.75 Å². The zero-order valence-electron chi connectivity index (χ0n) is 16.2. The van der Waals surface area contributed by atoms with Gasteiger partial charge in [-0.25, -0.2) is 0 Å². The number of nitrogens with one attached hydrogen (secondary N) is 1. The number of carbonyl (C=O) groups excluding carboxylic acids is 2. The highest BCUT2D eigenvalue weighted by Gasteiger charge is 2.20. The predicted octanol–water partition coefficient (Wildman–Crippen LogP) is 3.10. The Morgan fingerprint density at radius 1 is 1.26 bits per heavy atom. The van der Waals surface area contributed by atoms with Crippen LogP contribution >= 0.6 is 11.8 Å². The van der Waals surface area contributed by atoms with Gasteiger partial charge in [-0.2, -0.15) is 5.10 Å². The van der Waals surface area contributed by atoms with E-state index in [0.29, 0.717) is 18.0 Å². The van der Waals surface area contributed by atoms with Crippen molar-refractivity contribution in [2.75, 3.05) is 17.7 Å². The topological polar surface area (TPSA) is 82.4 Å². The molecule has 1 heterocycles. The number of anilines is 1. The van der Waals surface area contributed by atoms with Gasteiger partial charge < -0.3 is 14.8 Å². The first-order chi connectivity index (χ1) is 12.8. The SMILES string of the molecule is CCOc1ccc(SCC(=O)O[C@@H](C)C(=O)Nc2c(C)nn(C)c2C)cc1. The first-order valence-electron chi connectivity index (χ1n) is 8.68. The van der Waals surface area contributed by atoms with Crippen LogP contribution in [0.5, 0.6) is 5.75 Å². The molecule has 27 heavy (non-hydrogen) atoms. The smallest absolute Gasteiger partial charge is 0.317 e. The number of rotatable bonds is 8. The minimum absolute atomic E-state index is 0.122. The predicted molar refractivity (Wildman–Crippen MR) is 105 cm³/mol. The lowest BCUT2D eigenvalue weighted by Crippen LogP contribution is -2.30. The van der Waals surface area contributed by atoms with Crippen molar-refractivity contribution in [3.05, 3.63) is 35.7 Å². The lowest BCUT2D eigenvalue weighted by molar-refractivity contribution is -0.150. The van der Waals surface area contributed by atoms with Gasteiger partial charge in [0.05, 0.1) is 29.4 Å². The third-order valence-corrected chi connectivity index (χ3v) is 4.91. The molecule has 2 aromatic rings. The minimum atomic E-state index is -0.891. The summed E-state index contributed by atoms with van der Waals surface area (Å²) in [5, 5.41) is 7.02. The molecule has 146 valence electrons. The van der Waals surface area contributed by atoms with Crippen LogP contribution < -0.4 is 10.1 Å². The zero-order valence-corrected chi connectivity index (χ0v) is 17.1. The van der Waals surface area contributed by atoms with E-state index in [-0.39, 0.29) is 11.7 Å². The third-order valence-electron chi connectivity index (χ3n) is 3.93. The third kappa shape index (κ3) is 5.75. The quantitative estimate of drug-likeness (QED) is 0.550. The number of ether oxygens (including phenoxy) is 2. The van der Waals surface area contributed by atoms with Crippen LogP contribution in [0.15, 0.2) is 29.2 Å². The molecule has 7 nitrogen and oxygen atoms in total. The summed E-state index contributed by atoms with van der Waals surface area (Å²) in [6.45, 7) is 7.76. The van der Waals surface area contributed by atoms with Gasteiger partial charge in [0.25, 0.3) is 5.91 Å². The van der Waals surface area contributed by atoms with Crippen molar-refractivity contribution in [3.63, 3.8) is 0 Å². The highest BCUT2D eigenvalue weighted by Crippen LogP contribution is 2.22. The van der Waals surface area contributed by atoms with Gasteiger partial charge in [0, 0.05) is 11.9 Å². The second kappa shape index (κ2) is 9.45. The molecule has 0 aliphatic carbocycles. The summed E-state index contributed by atoms with van der Waals surface area (Å²) < 4.78 is 12.3. The summed E-state index contributed by atoms with van der Waals surface area (Å²) in [6.07, 6.45) is -0.891. The molecule has 1 aromatic heterocycles. The fraction of sp³-hybridized carbons (Fsp3) is 0.421. The second-order valence-corrected chi connectivity index (χ2v) is 7.03. The van der Waals surface area contributed by atoms with Crippen LogP contribution in [0.4, 0.5) is 5.69 Å². The Morgan fingerprint density at radius 3 is 2.48 bits per heavy atom. The lowest BCUT2D eigenvalue weighted by Gasteiger charge is -2.13. The number of benzene rings is 1. The van der Waals surface area contributed by atoms with Gasteiger partial charge in [-0.1, -0.05) is 0 Å². The van der Waals surface area contributed by atoms with Gasteiger partial charge in [0.15, 0.2) is 6.10 Å². The Bertz CT molecular complexity index is 802. The van der Waals surface area contributed by atoms with E-state index in [4.69, 9.17) is 9.47 Å². The Morgan fingerprint density at radius 2 is 1.93 bits per heavy atom. The van der Waals surface area contributed by atoms with Crippen molar-refractivity contribution >= 4 is 29.3 Å². The van der Waals surface area contributed by atoms with Crippen molar-refractivity contribution in [1.82, 2.24) is 9.78 Å². The molecule has 1 amide bonds. The van der Waals surface area contributed by atoms with Gasteiger partial charge in [0.2, 0.25) is 0 Å². The fourth-order valence-corrected chi connectivity index (χ4v) is 3.09. The van der Waals surface area contributed by atoms with E-state index < -0.39 is 12.1 Å². The van der Waals surface area contributed by atoms with Crippen LogP contribution in [-0.4, -0.2) is 40.1 Å². The average Bonchev–Trinajstić information content (AvgIpc) is 2.87. The van der Waals surface area contributed by atoms with E-state index in [0.717, 1.165) is 16.3 Å². The number of carbonyl (C=O) groups is 2. The van der Waals surface area contributed by atoms with Crippen LogP contribution in [0.3, 0.4) is 0 Å². The normalized spacial score (nSPS) is 11.7. The molecular weight excluding hydrogens is 366 g/mol. The maximum atomic E-state index is 12.3. The lowest BCUT2D eigenvalue weighted by atomic mass is 10.3. The van der Waals surface area contributed by atoms with E-state index in [1.807, 2.05) is 45.0 Å². The standard InChI is InChI=1S/C19H25N3O4S/c1-6-25-15-7-9-16(10-8-15)27-11-17(23)26-14(4)19(24)20-18-12(2)21-22(5)13(18)3/h7-10,14H,6,11H2,1-5H3,(H,20,24)/t14-/m0/s1. The van der Waals surface area contributed by atoms with E-state index in [1.54, 1.807) is 18.7 Å². The zero-order chi connectivity index (χ0) is 20.0. The molecule has 0 spiro atoms. The Hall–Kier alpha value is -2.48. The van der Waals surface area contributed by atoms with Gasteiger partial charge in [-0.05, 0) is 52.0 Å². The maximum Gasteiger partial charge on any atom is 0.317 e. The van der Waals surface area contributed by atoms with Crippen LogP contribution in [0.2, 0.25) is 0 Å². The summed E-state index contributed by atoms with van der Waals surface area (Å²) in [5.74, 6) is 0.0804. The summed E-state index contributed by atoms with van der Waals surface area (Å²) >= 11 is 1.35. The Labute approximate surface area is 163 Å². The molecule has 0 unspecified atom stereocenters. The molecule has 0 radical (unpaired) electrons. The minimum Gasteiger partial charge on any atom is -0.494 e. The highest BCUT2D eigenvalue weighted by molar-refractivity contribution is 8.00. The van der Waals surface area contributed by atoms with Crippen LogP contribution in [0.25, 0.3) is 0 Å². The molecule has 0 fully saturated rings. The summed E-state index contributed by atoms with van der Waals surface area (Å²) in [5.41, 5.74) is 2.20. The van der Waals surface area contributed by atoms with E-state index in [2.05, 4.69) is 10.4 Å². The van der Waals surface area contributed by atoms with Crippen molar-refractivity contribution in [1.29, 1.82) is 0 Å². The molecule has 0 aliphatic rings. The molecular formula is C19H25N3O4S. The monoisotopic (exact) mass is 391 g/mol. The first kappa shape index (κ1) is 20.8. The van der Waals surface area contributed by atoms with Crippen molar-refractivity contribution in [2.24, 2.45) is 7.05 Å². The van der Waals surface area contributed by atoms with Crippen LogP contribution in [0, 0.1) is 13.8 Å². The number of aryl methyl sites for hydroxylation is 2. The second-order valence-electron chi connectivity index (χ2n) is 5.98. The number of hydrogen-bond donors (Lipinski definition) is 1. The van der Waals surface area contributed by atoms with Gasteiger partial charge in [-0.3, -0.25) is 14.3 Å². The maximum absolute atomic E-state index is 12.3. The molecule has 0 saturated heterocycles. The molecule has 1 aromatic carbocycles. The van der Waals surface area contributed by atoms with Crippen molar-refractivity contribution in [2.45, 2.75) is 38.7 Å². The summed E-state index contributed by atoms with van der Waals surface area (Å²) in [4.78, 5) is 25.2. The van der Waals surface area contributed by atoms with Crippen LogP contribution in [-0.2, 0) is 21.4 Å². The molecule has 2 rings (SSSR count). The summed E-state index contributed by atoms with van der Waals surface area (Å²) in [7, 11) is 1.81. The van der Waals surface area contributed by atoms with Crippen LogP contribution in [0.1, 0.15) is 25.2 Å². The van der Waals surface area contributed by atoms with E-state index in [1.165, 1.54) is 11.8 Å². The molecule has 0 aliphatic heterocycles. The highest BCUT2D eigenvalue weighted by atomic mass is 32.2. The largest absolute Gasteiger partial charge is 0.494 e. The van der Waals surface area contributed by atoms with E-state index in [9.17, 15) is 9.59 Å². The van der Waals surface area contributed by atoms with Crippen molar-refractivity contribution < 1.29 is 19.1 Å². The first-order valence-corrected chi connectivity index (χ1v) is 9.66. The Kier molecular flexibility index (Phi) is 7.29. The van der Waals surface area contributed by atoms with Gasteiger partial charge in [0.1, 0.15) is 5.75 Å². The molecule has 1 atom stereocenters. The van der Waals surface area contributed by atoms with Gasteiger partial charge >= 0.3 is 5.97 Å². The number of hydrogen-bond acceptors (Lipinski definition) is 6. The molecule has 8 heteroatoms. The van der Waals surface area contributed by atoms with Gasteiger partial charge in [-0.15, -0.1) is 11.8 Å². The number of amides is 1. The molecule has 0 saturated carbocycles. The number of aromatic nitrogens is 2. The number of nitrogens with zero attached hydrogens (tertiary/aromatic N) is 2. The molecule has 1 N–H and O–H groups in total. The summed E-state index contributed by atoms with van der Waals surface area (Å²) in [6, 6.07) is 7.47. The average molecular weight is 391 g/mol. The molecule has 0 bridgehead atoms. The number of esters is 1. The Balaban J connectivity index is 1.82. The number of thioether (sulfide) groups is 1. The fourth-order valence-electron chi connectivity index (χ4n) is 2.41.